The molecule has 0 amide bonds. The van der Waals surface area contributed by atoms with E-state index in [0.29, 0.717) is 5.75 Å². The molecule has 0 aliphatic heterocycles. The van der Waals surface area contributed by atoms with Crippen LogP contribution in [0.3, 0.4) is 0 Å². The van der Waals surface area contributed by atoms with Gasteiger partial charge in [0.1, 0.15) is 13.1 Å². The van der Waals surface area contributed by atoms with E-state index in [1.54, 1.807) is 19.2 Å². The summed E-state index contributed by atoms with van der Waals surface area (Å²) in [6, 6.07) is 15.8. The maximum atomic E-state index is 9.67. The summed E-state index contributed by atoms with van der Waals surface area (Å²) in [5.74, 6) is 0.713. The third kappa shape index (κ3) is 3.25. The van der Waals surface area contributed by atoms with Crippen molar-refractivity contribution in [2.75, 3.05) is 7.11 Å². The number of aromatic hydroxyl groups is 1. The molecule has 0 atom stereocenters. The van der Waals surface area contributed by atoms with E-state index in [2.05, 4.69) is 17.4 Å². The quantitative estimate of drug-likeness (QED) is 0.840. The summed E-state index contributed by atoms with van der Waals surface area (Å²) in [6.07, 6.45) is 0. The second-order valence-corrected chi connectivity index (χ2v) is 4.19. The van der Waals surface area contributed by atoms with E-state index in [1.165, 1.54) is 5.56 Å². The van der Waals surface area contributed by atoms with Gasteiger partial charge in [0.2, 0.25) is 0 Å². The highest BCUT2D eigenvalue weighted by molar-refractivity contribution is 5.41. The van der Waals surface area contributed by atoms with Gasteiger partial charge < -0.3 is 15.2 Å². The summed E-state index contributed by atoms with van der Waals surface area (Å²) < 4.78 is 5.01. The molecule has 0 aliphatic carbocycles. The van der Waals surface area contributed by atoms with Gasteiger partial charge in [-0.05, 0) is 18.2 Å². The minimum absolute atomic E-state index is 0.197. The van der Waals surface area contributed by atoms with Gasteiger partial charge in [-0.1, -0.05) is 30.3 Å². The van der Waals surface area contributed by atoms with E-state index in [0.717, 1.165) is 18.7 Å². The Labute approximate surface area is 107 Å². The van der Waals surface area contributed by atoms with Crippen molar-refractivity contribution in [3.05, 3.63) is 59.7 Å². The zero-order chi connectivity index (χ0) is 12.8. The van der Waals surface area contributed by atoms with Gasteiger partial charge >= 0.3 is 0 Å². The lowest BCUT2D eigenvalue weighted by molar-refractivity contribution is -0.686. The third-order valence-corrected chi connectivity index (χ3v) is 2.85. The first-order chi connectivity index (χ1) is 8.79. The number of hydrogen-bond acceptors (Lipinski definition) is 2. The van der Waals surface area contributed by atoms with Crippen molar-refractivity contribution >= 4 is 0 Å². The van der Waals surface area contributed by atoms with Gasteiger partial charge in [-0.25, -0.2) is 0 Å². The zero-order valence-electron chi connectivity index (χ0n) is 10.5. The molecule has 2 aromatic carbocycles. The summed E-state index contributed by atoms with van der Waals surface area (Å²) in [5.41, 5.74) is 2.39. The second kappa shape index (κ2) is 6.07. The number of nitrogens with two attached hydrogens (primary N) is 1. The second-order valence-electron chi connectivity index (χ2n) is 4.19. The average Bonchev–Trinajstić information content (AvgIpc) is 2.40. The van der Waals surface area contributed by atoms with E-state index in [9.17, 15) is 5.11 Å². The zero-order valence-corrected chi connectivity index (χ0v) is 10.5. The van der Waals surface area contributed by atoms with Crippen LogP contribution < -0.4 is 10.1 Å². The van der Waals surface area contributed by atoms with Gasteiger partial charge in [0.15, 0.2) is 11.5 Å². The van der Waals surface area contributed by atoms with Crippen molar-refractivity contribution in [3.8, 4) is 11.5 Å². The van der Waals surface area contributed by atoms with E-state index in [1.807, 2.05) is 24.3 Å². The highest BCUT2D eigenvalue weighted by Crippen LogP contribution is 2.25. The molecule has 0 fully saturated rings. The number of methoxy groups -OCH3 is 1. The molecule has 2 aromatic rings. The first-order valence-electron chi connectivity index (χ1n) is 6.01. The Hall–Kier alpha value is -2.00. The summed E-state index contributed by atoms with van der Waals surface area (Å²) in [6.45, 7) is 1.78. The first kappa shape index (κ1) is 12.5. The molecule has 3 nitrogen and oxygen atoms in total. The number of ether oxygens (including phenoxy) is 1. The first-order valence-corrected chi connectivity index (χ1v) is 6.01. The highest BCUT2D eigenvalue weighted by atomic mass is 16.5. The van der Waals surface area contributed by atoms with Crippen molar-refractivity contribution in [1.29, 1.82) is 0 Å². The Balaban J connectivity index is 1.89. The van der Waals surface area contributed by atoms with Crippen LogP contribution in [-0.2, 0) is 13.1 Å². The molecule has 0 unspecified atom stereocenters. The maximum Gasteiger partial charge on any atom is 0.160 e. The van der Waals surface area contributed by atoms with Crippen LogP contribution in [0.4, 0.5) is 0 Å². The molecule has 2 rings (SSSR count). The molecule has 0 aliphatic rings. The Morgan fingerprint density at radius 3 is 2.39 bits per heavy atom. The molecule has 0 saturated heterocycles. The molecule has 0 radical (unpaired) electrons. The summed E-state index contributed by atoms with van der Waals surface area (Å²) >= 11 is 0. The molecule has 0 spiro atoms. The van der Waals surface area contributed by atoms with Crippen molar-refractivity contribution in [1.82, 2.24) is 0 Å². The highest BCUT2D eigenvalue weighted by Gasteiger charge is 2.03. The third-order valence-electron chi connectivity index (χ3n) is 2.85. The van der Waals surface area contributed by atoms with E-state index in [-0.39, 0.29) is 5.75 Å². The number of hydrogen-bond donors (Lipinski definition) is 2. The fourth-order valence-electron chi connectivity index (χ4n) is 1.88. The van der Waals surface area contributed by atoms with Gasteiger partial charge in [-0.3, -0.25) is 0 Å². The average molecular weight is 244 g/mol. The molecule has 0 saturated carbocycles. The van der Waals surface area contributed by atoms with Crippen LogP contribution in [0.2, 0.25) is 0 Å². The number of rotatable bonds is 5. The lowest BCUT2D eigenvalue weighted by Gasteiger charge is -2.06. The van der Waals surface area contributed by atoms with Crippen LogP contribution in [0.15, 0.2) is 48.5 Å². The predicted octanol–water partition coefficient (Wildman–Crippen LogP) is 1.66. The van der Waals surface area contributed by atoms with E-state index in [4.69, 9.17) is 4.74 Å². The topological polar surface area (TPSA) is 46.1 Å². The molecular weight excluding hydrogens is 226 g/mol. The minimum Gasteiger partial charge on any atom is -0.504 e. The van der Waals surface area contributed by atoms with Gasteiger partial charge in [0, 0.05) is 11.1 Å². The monoisotopic (exact) mass is 244 g/mol. The lowest BCUT2D eigenvalue weighted by atomic mass is 10.2. The SMILES string of the molecule is COc1ccc(C[NH2+]Cc2ccccc2)cc1O. The van der Waals surface area contributed by atoms with Crippen LogP contribution in [-0.4, -0.2) is 12.2 Å². The van der Waals surface area contributed by atoms with E-state index < -0.39 is 0 Å². The fraction of sp³-hybridized carbons (Fsp3) is 0.200. The predicted molar refractivity (Wildman–Crippen MR) is 70.4 cm³/mol. The number of benzene rings is 2. The molecule has 18 heavy (non-hydrogen) atoms. The Morgan fingerprint density at radius 2 is 1.72 bits per heavy atom. The fourth-order valence-corrected chi connectivity index (χ4v) is 1.88. The van der Waals surface area contributed by atoms with Crippen LogP contribution in [0, 0.1) is 0 Å². The Bertz CT molecular complexity index is 497. The molecule has 0 bridgehead atoms. The smallest absolute Gasteiger partial charge is 0.160 e. The van der Waals surface area contributed by atoms with Crippen molar-refractivity contribution < 1.29 is 15.2 Å². The van der Waals surface area contributed by atoms with Gasteiger partial charge in [0.05, 0.1) is 7.11 Å². The summed E-state index contributed by atoms with van der Waals surface area (Å²) in [7, 11) is 1.55. The number of quaternary nitrogens is 1. The Morgan fingerprint density at radius 1 is 1.00 bits per heavy atom. The minimum atomic E-state index is 0.197. The maximum absolute atomic E-state index is 9.67. The van der Waals surface area contributed by atoms with Gasteiger partial charge in [0.25, 0.3) is 0 Å². The number of phenolic OH excluding ortho intramolecular Hbond substituents is 1. The lowest BCUT2D eigenvalue weighted by Crippen LogP contribution is -2.80. The van der Waals surface area contributed by atoms with E-state index >= 15 is 0 Å². The molecule has 94 valence electrons. The molecule has 3 heteroatoms. The van der Waals surface area contributed by atoms with Crippen molar-refractivity contribution in [3.63, 3.8) is 0 Å². The van der Waals surface area contributed by atoms with Crippen molar-refractivity contribution in [2.45, 2.75) is 13.1 Å². The van der Waals surface area contributed by atoms with Gasteiger partial charge in [-0.15, -0.1) is 0 Å². The normalized spacial score (nSPS) is 10.3. The molecule has 0 aromatic heterocycles. The van der Waals surface area contributed by atoms with Crippen molar-refractivity contribution in [2.24, 2.45) is 0 Å². The van der Waals surface area contributed by atoms with Crippen LogP contribution in [0.5, 0.6) is 11.5 Å². The molecule has 0 heterocycles. The molecule has 3 N–H and O–H groups in total. The standard InChI is InChI=1S/C15H17NO2/c1-18-15-8-7-13(9-14(15)17)11-16-10-12-5-3-2-4-6-12/h2-9,16-17H,10-11H2,1H3/p+1. The Kier molecular flexibility index (Phi) is 4.20. The summed E-state index contributed by atoms with van der Waals surface area (Å²) in [5, 5.41) is 11.9. The number of phenols is 1. The summed E-state index contributed by atoms with van der Waals surface area (Å²) in [4.78, 5) is 0. The van der Waals surface area contributed by atoms with Gasteiger partial charge in [-0.2, -0.15) is 0 Å². The van der Waals surface area contributed by atoms with Crippen LogP contribution >= 0.6 is 0 Å². The van der Waals surface area contributed by atoms with Crippen LogP contribution in [0.1, 0.15) is 11.1 Å². The largest absolute Gasteiger partial charge is 0.504 e. The van der Waals surface area contributed by atoms with Crippen LogP contribution in [0.25, 0.3) is 0 Å². The molecular formula is C15H18NO2+.